The Kier molecular flexibility index (Phi) is 11.8. The molecule has 2 aromatic rings. The molecule has 266 valence electrons. The number of aryl methyl sites for hydroxylation is 2. The van der Waals surface area contributed by atoms with E-state index in [2.05, 4.69) is 4.90 Å². The minimum Gasteiger partial charge on any atom is -0.497 e. The van der Waals surface area contributed by atoms with Gasteiger partial charge in [-0.25, -0.2) is 8.42 Å². The number of rotatable bonds is 12. The lowest BCUT2D eigenvalue weighted by Gasteiger charge is -2.42. The number of hydrogen-bond acceptors (Lipinski definition) is 7. The number of benzene rings is 2. The average Bonchev–Trinajstić information content (AvgIpc) is 3.58. The minimum atomic E-state index is -4.43. The normalized spacial score (nSPS) is 21.0. The molecule has 0 aromatic heterocycles. The molecule has 1 atom stereocenters. The topological polar surface area (TPSA) is 88.6 Å². The zero-order valence-corrected chi connectivity index (χ0v) is 29.0. The fourth-order valence-electron chi connectivity index (χ4n) is 7.36. The molecule has 3 heterocycles. The molecule has 13 heteroatoms. The summed E-state index contributed by atoms with van der Waals surface area (Å²) in [6.45, 7) is 7.80. The molecule has 0 N–H and O–H groups in total. The molecular weight excluding hydrogens is 647 g/mol. The lowest BCUT2D eigenvalue weighted by Crippen LogP contribution is -2.49. The van der Waals surface area contributed by atoms with Crippen LogP contribution < -0.4 is 4.74 Å². The molecule has 0 spiro atoms. The van der Waals surface area contributed by atoms with Crippen molar-refractivity contribution in [2.75, 3.05) is 66.2 Å². The number of amides is 1. The summed E-state index contributed by atoms with van der Waals surface area (Å²) >= 11 is 0. The van der Waals surface area contributed by atoms with Gasteiger partial charge in [-0.05, 0) is 106 Å². The van der Waals surface area contributed by atoms with Crippen LogP contribution in [0.25, 0.3) is 0 Å². The largest absolute Gasteiger partial charge is 0.497 e. The zero-order valence-electron chi connectivity index (χ0n) is 28.2. The fraction of sp³-hybridized carbons (Fsp3) is 0.629. The van der Waals surface area contributed by atoms with Crippen LogP contribution in [-0.2, 0) is 36.1 Å². The highest BCUT2D eigenvalue weighted by Gasteiger charge is 2.40. The summed E-state index contributed by atoms with van der Waals surface area (Å²) in [4.78, 5) is 17.6. The number of ether oxygens (including phenoxy) is 3. The number of methoxy groups -OCH3 is 1. The first-order valence-electron chi connectivity index (χ1n) is 16.9. The van der Waals surface area contributed by atoms with Crippen LogP contribution in [-0.4, -0.2) is 101 Å². The van der Waals surface area contributed by atoms with E-state index in [1.165, 1.54) is 16.4 Å². The van der Waals surface area contributed by atoms with E-state index in [0.29, 0.717) is 67.9 Å². The second-order valence-corrected chi connectivity index (χ2v) is 15.0. The van der Waals surface area contributed by atoms with Gasteiger partial charge in [0.05, 0.1) is 36.4 Å². The fourth-order valence-corrected chi connectivity index (χ4v) is 9.45. The monoisotopic (exact) mass is 695 g/mol. The van der Waals surface area contributed by atoms with E-state index < -0.39 is 33.4 Å². The maximum Gasteiger partial charge on any atom is 0.416 e. The molecule has 0 radical (unpaired) electrons. The summed E-state index contributed by atoms with van der Waals surface area (Å²) in [5.74, 6) is 0.393. The van der Waals surface area contributed by atoms with Gasteiger partial charge >= 0.3 is 6.18 Å². The SMILES string of the molecule is COc1cc(C)c(S(=O)(=O)N2CCCCC2COCC(=O)N2CCC(OCCN3CCCC3)(c3ccc(C(F)(F)F)cc3)CC2)c(C)c1. The molecule has 5 rings (SSSR count). The van der Waals surface area contributed by atoms with Crippen LogP contribution in [0.2, 0.25) is 0 Å². The smallest absolute Gasteiger partial charge is 0.416 e. The number of piperidine rings is 2. The molecule has 0 aliphatic carbocycles. The zero-order chi connectivity index (χ0) is 34.5. The van der Waals surface area contributed by atoms with Crippen molar-refractivity contribution >= 4 is 15.9 Å². The first-order chi connectivity index (χ1) is 22.8. The van der Waals surface area contributed by atoms with Crippen LogP contribution in [0, 0.1) is 13.8 Å². The first kappa shape index (κ1) is 36.6. The minimum absolute atomic E-state index is 0.0994. The molecule has 1 amide bonds. The number of likely N-dealkylation sites (tertiary alicyclic amines) is 2. The van der Waals surface area contributed by atoms with E-state index >= 15 is 0 Å². The van der Waals surface area contributed by atoms with Crippen molar-refractivity contribution in [2.45, 2.75) is 81.5 Å². The van der Waals surface area contributed by atoms with E-state index in [0.717, 1.165) is 57.5 Å². The Morgan fingerprint density at radius 2 is 1.56 bits per heavy atom. The lowest BCUT2D eigenvalue weighted by molar-refractivity contribution is -0.145. The van der Waals surface area contributed by atoms with Crippen molar-refractivity contribution in [2.24, 2.45) is 0 Å². The van der Waals surface area contributed by atoms with Crippen LogP contribution in [0.15, 0.2) is 41.3 Å². The van der Waals surface area contributed by atoms with E-state index in [4.69, 9.17) is 14.2 Å². The van der Waals surface area contributed by atoms with Gasteiger partial charge in [0.2, 0.25) is 15.9 Å². The van der Waals surface area contributed by atoms with Crippen molar-refractivity contribution < 1.29 is 40.6 Å². The molecule has 3 aliphatic rings. The van der Waals surface area contributed by atoms with E-state index in [-0.39, 0.29) is 24.0 Å². The molecule has 1 unspecified atom stereocenters. The third-order valence-electron chi connectivity index (χ3n) is 9.99. The summed E-state index contributed by atoms with van der Waals surface area (Å²) in [7, 11) is -2.26. The van der Waals surface area contributed by atoms with Crippen molar-refractivity contribution in [3.05, 3.63) is 58.7 Å². The number of halogens is 3. The van der Waals surface area contributed by atoms with Crippen molar-refractivity contribution in [3.63, 3.8) is 0 Å². The van der Waals surface area contributed by atoms with Gasteiger partial charge in [-0.15, -0.1) is 0 Å². The summed E-state index contributed by atoms with van der Waals surface area (Å²) in [6, 6.07) is 8.23. The van der Waals surface area contributed by atoms with Crippen LogP contribution in [0.4, 0.5) is 13.2 Å². The van der Waals surface area contributed by atoms with Gasteiger partial charge in [0.1, 0.15) is 12.4 Å². The van der Waals surface area contributed by atoms with Gasteiger partial charge < -0.3 is 24.0 Å². The Morgan fingerprint density at radius 1 is 0.938 bits per heavy atom. The molecule has 0 bridgehead atoms. The van der Waals surface area contributed by atoms with Crippen LogP contribution in [0.1, 0.15) is 67.2 Å². The van der Waals surface area contributed by atoms with E-state index in [1.807, 2.05) is 0 Å². The first-order valence-corrected chi connectivity index (χ1v) is 18.3. The predicted octanol–water partition coefficient (Wildman–Crippen LogP) is 5.52. The second kappa shape index (κ2) is 15.5. The molecule has 3 aliphatic heterocycles. The quantitative estimate of drug-likeness (QED) is 0.289. The van der Waals surface area contributed by atoms with Crippen molar-refractivity contribution in [3.8, 4) is 5.75 Å². The molecule has 3 saturated heterocycles. The molecular formula is C35H48F3N3O6S. The second-order valence-electron chi connectivity index (χ2n) is 13.2. The van der Waals surface area contributed by atoms with Crippen LogP contribution in [0.3, 0.4) is 0 Å². The number of nitrogens with zero attached hydrogens (tertiary/aromatic N) is 3. The maximum absolute atomic E-state index is 13.9. The van der Waals surface area contributed by atoms with Gasteiger partial charge in [-0.3, -0.25) is 4.79 Å². The molecule has 2 aromatic carbocycles. The maximum atomic E-state index is 13.9. The summed E-state index contributed by atoms with van der Waals surface area (Å²) < 4.78 is 86.8. The van der Waals surface area contributed by atoms with Gasteiger partial charge in [-0.1, -0.05) is 18.6 Å². The molecule has 0 saturated carbocycles. The number of carbonyl (C=O) groups excluding carboxylic acids is 1. The van der Waals surface area contributed by atoms with Gasteiger partial charge in [0.25, 0.3) is 0 Å². The summed E-state index contributed by atoms with van der Waals surface area (Å²) in [5, 5.41) is 0. The van der Waals surface area contributed by atoms with Gasteiger partial charge in [-0.2, -0.15) is 17.5 Å². The Labute approximate surface area is 282 Å². The third-order valence-corrected chi connectivity index (χ3v) is 12.2. The summed E-state index contributed by atoms with van der Waals surface area (Å²) in [5.41, 5.74) is 0.411. The number of sulfonamides is 1. The van der Waals surface area contributed by atoms with Crippen LogP contribution >= 0.6 is 0 Å². The van der Waals surface area contributed by atoms with Gasteiger partial charge in [0, 0.05) is 32.2 Å². The van der Waals surface area contributed by atoms with Gasteiger partial charge in [0.15, 0.2) is 0 Å². The van der Waals surface area contributed by atoms with E-state index in [9.17, 15) is 26.4 Å². The molecule has 48 heavy (non-hydrogen) atoms. The summed E-state index contributed by atoms with van der Waals surface area (Å²) in [6.07, 6.45) is 1.01. The lowest BCUT2D eigenvalue weighted by atomic mass is 9.83. The Bertz CT molecular complexity index is 1480. The van der Waals surface area contributed by atoms with Crippen molar-refractivity contribution in [1.82, 2.24) is 14.1 Å². The molecule has 9 nitrogen and oxygen atoms in total. The Morgan fingerprint density at radius 3 is 2.17 bits per heavy atom. The van der Waals surface area contributed by atoms with Crippen molar-refractivity contribution in [1.29, 1.82) is 0 Å². The number of hydrogen-bond donors (Lipinski definition) is 0. The Balaban J connectivity index is 1.19. The van der Waals surface area contributed by atoms with E-state index in [1.54, 1.807) is 38.0 Å². The number of carbonyl (C=O) groups is 1. The van der Waals surface area contributed by atoms with Crippen LogP contribution in [0.5, 0.6) is 5.75 Å². The average molecular weight is 696 g/mol. The highest BCUT2D eigenvalue weighted by atomic mass is 32.2. The number of alkyl halides is 3. The Hall–Kier alpha value is -2.71. The third kappa shape index (κ3) is 8.35. The standard InChI is InChI=1S/C35H48F3N3O6S/c1-26-22-31(45-3)23-27(2)33(26)48(43,44)41-17-5-4-8-30(41)24-46-25-32(42)40-18-13-34(14-19-40,47-21-20-39-15-6-7-16-39)28-9-11-29(12-10-28)35(36,37)38/h9-12,22-23,30H,4-8,13-21,24-25H2,1-3H3. The molecule has 3 fully saturated rings. The highest BCUT2D eigenvalue weighted by molar-refractivity contribution is 7.89. The highest BCUT2D eigenvalue weighted by Crippen LogP contribution is 2.39. The predicted molar refractivity (Wildman–Crippen MR) is 175 cm³/mol.